The summed E-state index contributed by atoms with van der Waals surface area (Å²) < 4.78 is 40.1. The van der Waals surface area contributed by atoms with Crippen LogP contribution in [0.3, 0.4) is 0 Å². The van der Waals surface area contributed by atoms with Gasteiger partial charge in [-0.2, -0.15) is 18.3 Å². The predicted octanol–water partition coefficient (Wildman–Crippen LogP) is 1.47. The van der Waals surface area contributed by atoms with Gasteiger partial charge in [0.05, 0.1) is 0 Å². The monoisotopic (exact) mass is 475 g/mol. The Morgan fingerprint density at radius 2 is 1.96 bits per heavy atom. The Bertz CT molecular complexity index is 553. The van der Waals surface area contributed by atoms with Gasteiger partial charge in [0.25, 0.3) is 0 Å². The number of aromatic nitrogens is 3. The Labute approximate surface area is 162 Å². The molecule has 1 aliphatic heterocycles. The van der Waals surface area contributed by atoms with Gasteiger partial charge in [-0.3, -0.25) is 9.58 Å². The molecule has 2 heterocycles. The molecule has 1 aromatic rings. The molecule has 1 N–H and O–H groups in total. The molecule has 2 rings (SSSR count). The van der Waals surface area contributed by atoms with Crippen molar-refractivity contribution < 1.29 is 13.2 Å². The molecule has 7 nitrogen and oxygen atoms in total. The van der Waals surface area contributed by atoms with Crippen molar-refractivity contribution in [2.45, 2.75) is 32.6 Å². The lowest BCUT2D eigenvalue weighted by atomic mass is 10.2. The number of guanidine groups is 1. The van der Waals surface area contributed by atoms with E-state index >= 15 is 0 Å². The maximum Gasteiger partial charge on any atom is 0.403 e. The van der Waals surface area contributed by atoms with E-state index in [0.29, 0.717) is 45.2 Å². The molecule has 0 amide bonds. The van der Waals surface area contributed by atoms with Gasteiger partial charge in [-0.1, -0.05) is 0 Å². The van der Waals surface area contributed by atoms with Gasteiger partial charge in [0.1, 0.15) is 24.7 Å². The smallest absolute Gasteiger partial charge is 0.357 e. The van der Waals surface area contributed by atoms with E-state index < -0.39 is 12.2 Å². The average Bonchev–Trinajstić information content (AvgIpc) is 2.95. The molecule has 0 spiro atoms. The van der Waals surface area contributed by atoms with Crippen molar-refractivity contribution in [3.8, 4) is 0 Å². The lowest BCUT2D eigenvalue weighted by molar-refractivity contribution is -0.181. The van der Waals surface area contributed by atoms with Crippen molar-refractivity contribution in [3.05, 3.63) is 12.2 Å². The van der Waals surface area contributed by atoms with E-state index in [-0.39, 0.29) is 24.0 Å². The largest absolute Gasteiger partial charge is 0.403 e. The number of hydrogen-bond donors (Lipinski definition) is 1. The van der Waals surface area contributed by atoms with Gasteiger partial charge in [0, 0.05) is 39.8 Å². The Morgan fingerprint density at radius 3 is 2.44 bits per heavy atom. The lowest BCUT2D eigenvalue weighted by Gasteiger charge is -2.39. The summed E-state index contributed by atoms with van der Waals surface area (Å²) in [4.78, 5) is 12.1. The van der Waals surface area contributed by atoms with E-state index in [4.69, 9.17) is 0 Å². The molecule has 0 saturated carbocycles. The highest BCUT2D eigenvalue weighted by atomic mass is 127. The first kappa shape index (κ1) is 21.9. The number of aliphatic imine (C=N–C) groups is 1. The fourth-order valence-electron chi connectivity index (χ4n) is 2.56. The summed E-state index contributed by atoms with van der Waals surface area (Å²) in [6.45, 7) is 5.96. The second kappa shape index (κ2) is 9.55. The number of nitrogens with zero attached hydrogens (tertiary/aromatic N) is 6. The lowest BCUT2D eigenvalue weighted by Crippen LogP contribution is -2.56. The van der Waals surface area contributed by atoms with Crippen molar-refractivity contribution in [2.24, 2.45) is 12.0 Å². The third-order valence-corrected chi connectivity index (χ3v) is 4.15. The van der Waals surface area contributed by atoms with Crippen LogP contribution in [-0.4, -0.2) is 75.5 Å². The number of alkyl halides is 3. The Balaban J connectivity index is 0.00000312. The summed E-state index contributed by atoms with van der Waals surface area (Å²) in [6, 6.07) is -1.42. The zero-order chi connectivity index (χ0) is 17.7. The van der Waals surface area contributed by atoms with Crippen LogP contribution in [0.1, 0.15) is 19.7 Å². The highest BCUT2D eigenvalue weighted by Crippen LogP contribution is 2.25. The topological polar surface area (TPSA) is 61.6 Å². The summed E-state index contributed by atoms with van der Waals surface area (Å²) in [5, 5.41) is 7.18. The Morgan fingerprint density at radius 1 is 1.32 bits per heavy atom. The summed E-state index contributed by atoms with van der Waals surface area (Å²) >= 11 is 0. The van der Waals surface area contributed by atoms with Gasteiger partial charge >= 0.3 is 6.18 Å². The molecule has 0 aromatic carbocycles. The maximum absolute atomic E-state index is 12.8. The number of piperazine rings is 1. The fourth-order valence-corrected chi connectivity index (χ4v) is 2.56. The summed E-state index contributed by atoms with van der Waals surface area (Å²) in [7, 11) is 1.79. The molecule has 0 radical (unpaired) electrons. The average molecular weight is 475 g/mol. The fraction of sp³-hybridized carbons (Fsp3) is 0.786. The number of hydrogen-bond acceptors (Lipinski definition) is 4. The Hall–Kier alpha value is -1.11. The summed E-state index contributed by atoms with van der Waals surface area (Å²) in [5.74, 6) is 1.43. The van der Waals surface area contributed by atoms with E-state index in [0.717, 1.165) is 5.82 Å². The molecule has 11 heteroatoms. The minimum Gasteiger partial charge on any atom is -0.357 e. The predicted molar refractivity (Wildman–Crippen MR) is 99.9 cm³/mol. The van der Waals surface area contributed by atoms with Gasteiger partial charge in [-0.25, -0.2) is 9.98 Å². The molecule has 1 unspecified atom stereocenters. The molecule has 0 bridgehead atoms. The molecule has 0 aliphatic carbocycles. The molecular formula is C14H25F3IN7. The number of nitrogens with one attached hydrogen (secondary N) is 1. The van der Waals surface area contributed by atoms with Gasteiger partial charge in [0.2, 0.25) is 0 Å². The minimum absolute atomic E-state index is 0. The first-order valence-electron chi connectivity index (χ1n) is 7.99. The van der Waals surface area contributed by atoms with Crippen LogP contribution in [0.15, 0.2) is 11.3 Å². The van der Waals surface area contributed by atoms with Crippen LogP contribution in [0, 0.1) is 0 Å². The van der Waals surface area contributed by atoms with Crippen molar-refractivity contribution in [3.63, 3.8) is 0 Å². The summed E-state index contributed by atoms with van der Waals surface area (Å²) in [5.41, 5.74) is 0. The van der Waals surface area contributed by atoms with E-state index in [1.807, 2.05) is 11.8 Å². The maximum atomic E-state index is 12.8. The first-order chi connectivity index (χ1) is 11.3. The van der Waals surface area contributed by atoms with Crippen LogP contribution in [0.2, 0.25) is 0 Å². The van der Waals surface area contributed by atoms with Gasteiger partial charge in [-0.15, -0.1) is 24.0 Å². The van der Waals surface area contributed by atoms with Crippen LogP contribution in [0.4, 0.5) is 13.2 Å². The van der Waals surface area contributed by atoms with E-state index in [2.05, 4.69) is 20.4 Å². The second-order valence-corrected chi connectivity index (χ2v) is 5.71. The van der Waals surface area contributed by atoms with Crippen molar-refractivity contribution in [2.75, 3.05) is 32.7 Å². The van der Waals surface area contributed by atoms with Crippen LogP contribution >= 0.6 is 24.0 Å². The molecule has 1 fully saturated rings. The van der Waals surface area contributed by atoms with Crippen molar-refractivity contribution in [1.29, 1.82) is 0 Å². The van der Waals surface area contributed by atoms with E-state index in [1.54, 1.807) is 11.7 Å². The minimum atomic E-state index is -4.19. The molecule has 144 valence electrons. The Kier molecular flexibility index (Phi) is 8.38. The molecule has 1 saturated heterocycles. The third kappa shape index (κ3) is 5.97. The SMILES string of the molecule is CCNC(=NCc1ncnn1C)N1CCN(C(C)C(F)(F)F)CC1.I. The van der Waals surface area contributed by atoms with Crippen LogP contribution < -0.4 is 5.32 Å². The van der Waals surface area contributed by atoms with Gasteiger partial charge in [0.15, 0.2) is 5.96 Å². The zero-order valence-corrected chi connectivity index (χ0v) is 17.0. The highest BCUT2D eigenvalue weighted by molar-refractivity contribution is 14.0. The molecular weight excluding hydrogens is 450 g/mol. The molecule has 1 aliphatic rings. The standard InChI is InChI=1S/C14H24F3N7.HI/c1-4-18-13(19-9-12-20-10-21-22(12)3)24-7-5-23(6-8-24)11(2)14(15,16)17;/h10-11H,4-9H2,1-3H3,(H,18,19);1H. The van der Waals surface area contributed by atoms with Crippen LogP contribution in [0.25, 0.3) is 0 Å². The quantitative estimate of drug-likeness (QED) is 0.406. The molecule has 25 heavy (non-hydrogen) atoms. The van der Waals surface area contributed by atoms with Crippen molar-refractivity contribution in [1.82, 2.24) is 29.9 Å². The number of halogens is 4. The van der Waals surface area contributed by atoms with E-state index in [9.17, 15) is 13.2 Å². The third-order valence-electron chi connectivity index (χ3n) is 4.15. The highest BCUT2D eigenvalue weighted by Gasteiger charge is 2.41. The van der Waals surface area contributed by atoms with Crippen LogP contribution in [0.5, 0.6) is 0 Å². The van der Waals surface area contributed by atoms with Gasteiger partial charge < -0.3 is 10.2 Å². The molecule has 1 aromatic heterocycles. The first-order valence-corrected chi connectivity index (χ1v) is 7.99. The van der Waals surface area contributed by atoms with Gasteiger partial charge in [-0.05, 0) is 13.8 Å². The van der Waals surface area contributed by atoms with E-state index in [1.165, 1.54) is 18.2 Å². The normalized spacial score (nSPS) is 18.0. The number of aryl methyl sites for hydroxylation is 1. The number of rotatable bonds is 4. The van der Waals surface area contributed by atoms with Crippen molar-refractivity contribution >= 4 is 29.9 Å². The summed E-state index contributed by atoms with van der Waals surface area (Å²) in [6.07, 6.45) is -2.72. The van der Waals surface area contributed by atoms with Crippen LogP contribution in [-0.2, 0) is 13.6 Å². The molecule has 1 atom stereocenters. The zero-order valence-electron chi connectivity index (χ0n) is 14.6. The second-order valence-electron chi connectivity index (χ2n) is 5.71.